The van der Waals surface area contributed by atoms with Crippen molar-refractivity contribution in [3.05, 3.63) is 0 Å². The second-order valence-electron chi connectivity index (χ2n) is 9.25. The summed E-state index contributed by atoms with van der Waals surface area (Å²) in [4.78, 5) is 21.1. The zero-order valence-corrected chi connectivity index (χ0v) is 23.3. The largest absolute Gasteiger partial charge is 0.416 e. The summed E-state index contributed by atoms with van der Waals surface area (Å²) in [6.07, 6.45) is 1.07. The van der Waals surface area contributed by atoms with Crippen molar-refractivity contribution in [3.8, 4) is 0 Å². The Morgan fingerprint density at radius 3 is 1.32 bits per heavy atom. The SMILES string of the molecule is CC1C(=O)OC(=O)C1C.CCC(C)[Si]1(C)O[Si](C)(C)O[Si](C)(C)O[Si](C)(C)O1. The van der Waals surface area contributed by atoms with E-state index in [0.717, 1.165) is 6.42 Å². The van der Waals surface area contributed by atoms with E-state index >= 15 is 0 Å². The molecule has 0 aromatic carbocycles. The second-order valence-corrected chi connectivity index (χ2v) is 23.9. The molecule has 7 nitrogen and oxygen atoms in total. The fraction of sp³-hybridized carbons (Fsp3) is 0.882. The Labute approximate surface area is 174 Å². The zero-order valence-electron chi connectivity index (χ0n) is 19.3. The van der Waals surface area contributed by atoms with Gasteiger partial charge in [0, 0.05) is 0 Å². The highest BCUT2D eigenvalue weighted by atomic mass is 28.5. The lowest BCUT2D eigenvalue weighted by molar-refractivity contribution is -0.153. The third-order valence-electron chi connectivity index (χ3n) is 5.08. The van der Waals surface area contributed by atoms with Crippen molar-refractivity contribution < 1.29 is 30.8 Å². The number of esters is 2. The predicted octanol–water partition coefficient (Wildman–Crippen LogP) is 4.39. The molecule has 2 saturated heterocycles. The van der Waals surface area contributed by atoms with E-state index in [4.69, 9.17) is 16.5 Å². The fourth-order valence-corrected chi connectivity index (χ4v) is 25.3. The standard InChI is InChI=1S/C11H30O4Si4.C6H8O3/c1-10-11(2)19(9)14-17(5,6)12-16(3,4)13-18(7,8)15-19;1-3-4(2)6(8)9-5(3)7/h11H,10H2,1-9H3;3-4H,1-2H3. The van der Waals surface area contributed by atoms with Crippen LogP contribution in [0.25, 0.3) is 0 Å². The first-order valence-electron chi connectivity index (χ1n) is 10.00. The highest BCUT2D eigenvalue weighted by Gasteiger charge is 2.54. The minimum absolute atomic E-state index is 0.252. The van der Waals surface area contributed by atoms with Crippen LogP contribution in [0.3, 0.4) is 0 Å². The minimum Gasteiger partial charge on any atom is -0.416 e. The Hall–Kier alpha value is -0.152. The molecule has 11 heteroatoms. The Balaban J connectivity index is 0.000000362. The molecule has 2 rings (SSSR count). The highest BCUT2D eigenvalue weighted by molar-refractivity contribution is 6.93. The maximum Gasteiger partial charge on any atom is 0.320 e. The molecule has 164 valence electrons. The van der Waals surface area contributed by atoms with Crippen LogP contribution in [0.5, 0.6) is 0 Å². The lowest BCUT2D eigenvalue weighted by Crippen LogP contribution is -2.66. The number of hydrogen-bond acceptors (Lipinski definition) is 7. The van der Waals surface area contributed by atoms with E-state index in [1.807, 2.05) is 0 Å². The summed E-state index contributed by atoms with van der Waals surface area (Å²) in [5.41, 5.74) is 0.445. The number of ether oxygens (including phenoxy) is 1. The summed E-state index contributed by atoms with van der Waals surface area (Å²) < 4.78 is 30.0. The molecule has 0 bridgehead atoms. The van der Waals surface area contributed by atoms with E-state index in [-0.39, 0.29) is 11.8 Å². The van der Waals surface area contributed by atoms with E-state index in [9.17, 15) is 9.59 Å². The monoisotopic (exact) mass is 466 g/mol. The quantitative estimate of drug-likeness (QED) is 0.339. The smallest absolute Gasteiger partial charge is 0.320 e. The van der Waals surface area contributed by atoms with E-state index in [1.54, 1.807) is 13.8 Å². The Morgan fingerprint density at radius 1 is 0.750 bits per heavy atom. The van der Waals surface area contributed by atoms with E-state index in [2.05, 4.69) is 64.4 Å². The molecular formula is C17H38O7Si4. The van der Waals surface area contributed by atoms with Crippen LogP contribution in [0.1, 0.15) is 34.1 Å². The molecule has 0 saturated carbocycles. The van der Waals surface area contributed by atoms with E-state index in [0.29, 0.717) is 5.54 Å². The summed E-state index contributed by atoms with van der Waals surface area (Å²) in [6, 6.07) is 0. The Bertz CT molecular complexity index is 554. The molecule has 2 fully saturated rings. The maximum atomic E-state index is 10.6. The van der Waals surface area contributed by atoms with Gasteiger partial charge in [-0.25, -0.2) is 0 Å². The van der Waals surface area contributed by atoms with Crippen LogP contribution in [-0.4, -0.2) is 46.2 Å². The van der Waals surface area contributed by atoms with Crippen molar-refractivity contribution in [2.24, 2.45) is 11.8 Å². The molecule has 0 aromatic heterocycles. The molecule has 28 heavy (non-hydrogen) atoms. The van der Waals surface area contributed by atoms with Crippen molar-refractivity contribution in [1.82, 2.24) is 0 Å². The molecule has 0 N–H and O–H groups in total. The van der Waals surface area contributed by atoms with Gasteiger partial charge in [0.05, 0.1) is 11.8 Å². The normalized spacial score (nSPS) is 31.7. The molecule has 0 aliphatic carbocycles. The number of rotatable bonds is 2. The van der Waals surface area contributed by atoms with E-state index in [1.165, 1.54) is 0 Å². The highest BCUT2D eigenvalue weighted by Crippen LogP contribution is 2.37. The van der Waals surface area contributed by atoms with Gasteiger partial charge in [0.25, 0.3) is 0 Å². The van der Waals surface area contributed by atoms with E-state index < -0.39 is 46.2 Å². The van der Waals surface area contributed by atoms with Gasteiger partial charge in [-0.05, 0) is 51.4 Å². The average Bonchev–Trinajstić information content (AvgIpc) is 2.68. The lowest BCUT2D eigenvalue weighted by Gasteiger charge is -2.49. The van der Waals surface area contributed by atoms with Gasteiger partial charge in [-0.2, -0.15) is 0 Å². The topological polar surface area (TPSA) is 80.3 Å². The number of hydrogen-bond donors (Lipinski definition) is 0. The first-order valence-corrected chi connectivity index (χ1v) is 20.8. The number of carbonyl (C=O) groups excluding carboxylic acids is 2. The van der Waals surface area contributed by atoms with Crippen molar-refractivity contribution in [1.29, 1.82) is 0 Å². The molecule has 0 radical (unpaired) electrons. The van der Waals surface area contributed by atoms with Crippen molar-refractivity contribution in [2.45, 2.75) is 85.5 Å². The average molecular weight is 467 g/mol. The van der Waals surface area contributed by atoms with Crippen LogP contribution in [0.4, 0.5) is 0 Å². The molecule has 3 atom stereocenters. The van der Waals surface area contributed by atoms with Gasteiger partial charge in [-0.1, -0.05) is 34.1 Å². The van der Waals surface area contributed by atoms with Crippen LogP contribution < -0.4 is 0 Å². The third kappa shape index (κ3) is 6.97. The summed E-state index contributed by atoms with van der Waals surface area (Å²) in [6.45, 7) is 22.6. The van der Waals surface area contributed by atoms with Gasteiger partial charge in [0.2, 0.25) is 0 Å². The molecule has 3 unspecified atom stereocenters. The van der Waals surface area contributed by atoms with Crippen LogP contribution in [-0.2, 0) is 30.8 Å². The summed E-state index contributed by atoms with van der Waals surface area (Å²) in [5.74, 6) is -1.30. The molecule has 2 heterocycles. The first-order chi connectivity index (χ1) is 12.4. The van der Waals surface area contributed by atoms with Crippen LogP contribution in [0, 0.1) is 11.8 Å². The summed E-state index contributed by atoms with van der Waals surface area (Å²) in [5, 5.41) is 0. The van der Waals surface area contributed by atoms with Crippen molar-refractivity contribution >= 4 is 46.2 Å². The lowest BCUT2D eigenvalue weighted by atomic mass is 10.00. The Kier molecular flexibility index (Phi) is 8.24. The van der Waals surface area contributed by atoms with Crippen LogP contribution in [0.2, 0.25) is 51.4 Å². The summed E-state index contributed by atoms with van der Waals surface area (Å²) in [7, 11) is -8.80. The van der Waals surface area contributed by atoms with Gasteiger partial charge >= 0.3 is 46.2 Å². The molecular weight excluding hydrogens is 429 g/mol. The first kappa shape index (κ1) is 25.9. The molecule has 0 amide bonds. The molecule has 0 aromatic rings. The molecule has 0 spiro atoms. The zero-order chi connectivity index (χ0) is 22.1. The van der Waals surface area contributed by atoms with Gasteiger partial charge in [0.15, 0.2) is 0 Å². The fourth-order valence-electron chi connectivity index (χ4n) is 3.51. The Morgan fingerprint density at radius 2 is 1.07 bits per heavy atom. The molecule has 2 aliphatic heterocycles. The minimum atomic E-state index is -2.26. The second kappa shape index (κ2) is 8.92. The number of carbonyl (C=O) groups is 2. The number of cyclic esters (lactones) is 2. The van der Waals surface area contributed by atoms with Crippen LogP contribution >= 0.6 is 0 Å². The predicted molar refractivity (Wildman–Crippen MR) is 118 cm³/mol. The van der Waals surface area contributed by atoms with Crippen molar-refractivity contribution in [3.63, 3.8) is 0 Å². The van der Waals surface area contributed by atoms with Gasteiger partial charge in [0.1, 0.15) is 0 Å². The van der Waals surface area contributed by atoms with Gasteiger partial charge in [-0.15, -0.1) is 0 Å². The summed E-state index contributed by atoms with van der Waals surface area (Å²) >= 11 is 0. The maximum absolute atomic E-state index is 10.6. The van der Waals surface area contributed by atoms with Crippen LogP contribution in [0.15, 0.2) is 0 Å². The molecule has 2 aliphatic rings. The van der Waals surface area contributed by atoms with Crippen molar-refractivity contribution in [2.75, 3.05) is 0 Å². The van der Waals surface area contributed by atoms with Gasteiger partial charge in [-0.3, -0.25) is 9.59 Å². The van der Waals surface area contributed by atoms with Gasteiger partial charge < -0.3 is 21.2 Å². The third-order valence-corrected chi connectivity index (χ3v) is 22.3.